The number of piperidine rings is 1. The molecule has 3 fully saturated rings. The summed E-state index contributed by atoms with van der Waals surface area (Å²) in [5.74, 6) is -2.09. The fourth-order valence-corrected chi connectivity index (χ4v) is 14.1. The van der Waals surface area contributed by atoms with E-state index < -0.39 is 70.6 Å². The Bertz CT molecular complexity index is 3380. The van der Waals surface area contributed by atoms with Crippen LogP contribution in [0.15, 0.2) is 136 Å². The third-order valence-electron chi connectivity index (χ3n) is 15.6. The molecule has 5 aromatic carbocycles. The van der Waals surface area contributed by atoms with E-state index in [0.29, 0.717) is 75.6 Å². The number of thioether (sulfide) groups is 1. The minimum atomic E-state index is -6.15. The maximum absolute atomic E-state index is 14.5. The number of nitrogens with one attached hydrogen (secondary N) is 4. The Hall–Kier alpha value is -6.01. The largest absolute Gasteiger partial charge is 0.501 e. The molecule has 0 radical (unpaired) electrons. The molecule has 1 unspecified atom stereocenters. The van der Waals surface area contributed by atoms with Gasteiger partial charge in [0, 0.05) is 117 Å². The number of halogens is 5. The van der Waals surface area contributed by atoms with Crippen LogP contribution in [0.5, 0.6) is 0 Å². The number of alkyl halides is 3. The van der Waals surface area contributed by atoms with E-state index in [0.717, 1.165) is 67.2 Å². The molecule has 3 aliphatic heterocycles. The highest BCUT2D eigenvalue weighted by Crippen LogP contribution is 2.43. The third kappa shape index (κ3) is 15.4. The third-order valence-corrected chi connectivity index (χ3v) is 19.9. The first-order chi connectivity index (χ1) is 39.0. The summed E-state index contributed by atoms with van der Waals surface area (Å²) in [5, 5.41) is 9.13. The summed E-state index contributed by atoms with van der Waals surface area (Å²) in [6.45, 7) is 11.8. The summed E-state index contributed by atoms with van der Waals surface area (Å²) in [7, 11) is -11.1. The highest BCUT2D eigenvalue weighted by atomic mass is 35.5. The molecule has 9 rings (SSSR count). The van der Waals surface area contributed by atoms with Crippen LogP contribution >= 0.6 is 23.4 Å². The molecule has 23 heteroatoms. The van der Waals surface area contributed by atoms with Crippen molar-refractivity contribution in [2.75, 3.05) is 86.7 Å². The number of sulfonamides is 1. The van der Waals surface area contributed by atoms with Gasteiger partial charge < -0.3 is 20.4 Å². The van der Waals surface area contributed by atoms with Crippen molar-refractivity contribution >= 4 is 83.6 Å². The number of rotatable bonds is 20. The number of allylic oxidation sites excluding steroid dienone is 1. The van der Waals surface area contributed by atoms with Crippen molar-refractivity contribution in [2.24, 2.45) is 5.41 Å². The molecule has 0 aromatic heterocycles. The molecule has 3 saturated heterocycles. The molecule has 0 bridgehead atoms. The zero-order valence-electron chi connectivity index (χ0n) is 45.6. The van der Waals surface area contributed by atoms with Gasteiger partial charge in [-0.3, -0.25) is 29.5 Å². The van der Waals surface area contributed by atoms with Crippen molar-refractivity contribution in [1.29, 1.82) is 0 Å². The first-order valence-corrected chi connectivity index (χ1v) is 31.7. The lowest BCUT2D eigenvalue weighted by Gasteiger charge is -2.39. The van der Waals surface area contributed by atoms with Crippen LogP contribution in [0.25, 0.3) is 5.57 Å². The van der Waals surface area contributed by atoms with Crippen LogP contribution in [0.2, 0.25) is 5.02 Å². The van der Waals surface area contributed by atoms with Gasteiger partial charge in [-0.2, -0.15) is 13.2 Å². The normalized spacial score (nSPS) is 19.2. The van der Waals surface area contributed by atoms with Crippen LogP contribution in [0.4, 0.5) is 34.6 Å². The highest BCUT2D eigenvalue weighted by Gasteiger charge is 2.48. The lowest BCUT2D eigenvalue weighted by molar-refractivity contribution is -0.133. The van der Waals surface area contributed by atoms with Crippen molar-refractivity contribution < 1.29 is 48.8 Å². The van der Waals surface area contributed by atoms with Crippen molar-refractivity contribution in [3.05, 3.63) is 148 Å². The monoisotopic (exact) mass is 1210 g/mol. The average molecular weight is 1210 g/mol. The molecule has 4 N–H and O–H groups in total. The molecular formula is C59H67ClF4N8O7S3. The Kier molecular flexibility index (Phi) is 19.1. The van der Waals surface area contributed by atoms with Gasteiger partial charge in [0.15, 0.2) is 0 Å². The smallest absolute Gasteiger partial charge is 0.380 e. The van der Waals surface area contributed by atoms with E-state index in [-0.39, 0.29) is 35.5 Å². The summed E-state index contributed by atoms with van der Waals surface area (Å²) in [5.41, 5.74) is -0.0518. The minimum Gasteiger partial charge on any atom is -0.380 e. The predicted molar refractivity (Wildman–Crippen MR) is 313 cm³/mol. The second-order valence-corrected chi connectivity index (χ2v) is 27.2. The number of imide groups is 1. The van der Waals surface area contributed by atoms with Crippen molar-refractivity contribution in [3.63, 3.8) is 0 Å². The number of sulfone groups is 1. The Balaban J connectivity index is 0.836. The van der Waals surface area contributed by atoms with E-state index in [2.05, 4.69) is 61.5 Å². The van der Waals surface area contributed by atoms with E-state index >= 15 is 0 Å². The summed E-state index contributed by atoms with van der Waals surface area (Å²) in [6.07, 6.45) is 3.88. The van der Waals surface area contributed by atoms with Gasteiger partial charge in [-0.25, -0.2) is 25.9 Å². The van der Waals surface area contributed by atoms with Crippen LogP contribution in [-0.2, 0) is 36.0 Å². The number of amides is 3. The molecule has 4 aliphatic rings. The number of nitrogens with zero attached hydrogens (tertiary/aromatic N) is 4. The molecule has 3 amide bonds. The van der Waals surface area contributed by atoms with Gasteiger partial charge in [0.2, 0.25) is 11.8 Å². The quantitative estimate of drug-likeness (QED) is 0.0329. The number of carbonyl (C=O) groups excluding carboxylic acids is 3. The fraction of sp³-hybridized carbons (Fsp3) is 0.407. The first kappa shape index (κ1) is 60.6. The van der Waals surface area contributed by atoms with Crippen LogP contribution in [0.1, 0.15) is 73.9 Å². The van der Waals surface area contributed by atoms with Gasteiger partial charge >= 0.3 is 5.51 Å². The number of carbonyl (C=O) groups is 3. The van der Waals surface area contributed by atoms with Crippen LogP contribution < -0.4 is 25.6 Å². The SMILES string of the molecule is CC1(C)CCC(c2ccc(Cl)cc2)=C(CN2CCN(c3ccc(C(=O)NS(=O)(=O)c4ccc(N[C@H](CCN5CCN(Cc6ccc(F)cc6NC6CCC(=O)NC6=O)CC5)CSc5ccccc5)c(S(=O)(=O)C(F)(F)F)c4)cc3)CC2)C1. The molecule has 5 aromatic rings. The van der Waals surface area contributed by atoms with Crippen molar-refractivity contribution in [3.8, 4) is 0 Å². The van der Waals surface area contributed by atoms with Crippen LogP contribution in [-0.4, -0.2) is 138 Å². The van der Waals surface area contributed by atoms with E-state index in [1.165, 1.54) is 52.7 Å². The first-order valence-electron chi connectivity index (χ1n) is 27.3. The zero-order chi connectivity index (χ0) is 58.4. The minimum absolute atomic E-state index is 0.0320. The van der Waals surface area contributed by atoms with Gasteiger partial charge in [0.25, 0.3) is 25.8 Å². The summed E-state index contributed by atoms with van der Waals surface area (Å²) >= 11 is 7.62. The topological polar surface area (TPSA) is 181 Å². The van der Waals surface area contributed by atoms with Gasteiger partial charge in [-0.1, -0.05) is 67.4 Å². The number of benzene rings is 5. The number of anilines is 3. The van der Waals surface area contributed by atoms with Gasteiger partial charge in [-0.15, -0.1) is 11.8 Å². The molecule has 3 heterocycles. The highest BCUT2D eigenvalue weighted by molar-refractivity contribution is 7.99. The number of hydrogen-bond donors (Lipinski definition) is 4. The molecule has 82 heavy (non-hydrogen) atoms. The lowest BCUT2D eigenvalue weighted by atomic mass is 9.73. The molecule has 0 saturated carbocycles. The number of hydrogen-bond acceptors (Lipinski definition) is 14. The molecule has 0 spiro atoms. The molecule has 2 atom stereocenters. The van der Waals surface area contributed by atoms with Gasteiger partial charge in [0.05, 0.1) is 10.6 Å². The second-order valence-electron chi connectivity index (χ2n) is 22.1. The van der Waals surface area contributed by atoms with Crippen LogP contribution in [0.3, 0.4) is 0 Å². The fourth-order valence-electron chi connectivity index (χ4n) is 10.9. The Morgan fingerprint density at radius 2 is 1.46 bits per heavy atom. The van der Waals surface area contributed by atoms with Crippen molar-refractivity contribution in [1.82, 2.24) is 24.7 Å². The standard InChI is InChI=1S/C59H67ClF4N8O7S3/c1-58(2)24-22-50(40-8-13-44(60)14-9-40)43(36-58)38-71-30-32-72(33-31-71)47-16-11-41(12-17-47)56(74)68-82(78,79)49-18-19-51(54(35-49)81(76,77)59(62,63)64)65-46(39-80-48-6-4-3-5-7-48)23-25-69-26-28-70(29-27-69)37-42-10-15-45(61)34-53(42)66-52-20-21-55(73)67-57(52)75/h3-19,34-35,46,52,65-66H,20-33,36-39H2,1-2H3,(H,68,74)(H,67,73,75)/t46-,52?/m1/s1. The number of piperazine rings is 2. The van der Waals surface area contributed by atoms with Crippen LogP contribution in [0, 0.1) is 11.2 Å². The Morgan fingerprint density at radius 1 is 0.793 bits per heavy atom. The summed E-state index contributed by atoms with van der Waals surface area (Å²) in [6, 6.07) is 29.0. The molecule has 1 aliphatic carbocycles. The molecule has 15 nitrogen and oxygen atoms in total. The van der Waals surface area contributed by atoms with E-state index in [1.807, 2.05) is 47.2 Å². The Labute approximate surface area is 486 Å². The maximum Gasteiger partial charge on any atom is 0.501 e. The van der Waals surface area contributed by atoms with Gasteiger partial charge in [-0.05, 0) is 133 Å². The average Bonchev–Trinajstić information content (AvgIpc) is 3.57. The van der Waals surface area contributed by atoms with E-state index in [1.54, 1.807) is 18.2 Å². The van der Waals surface area contributed by atoms with E-state index in [4.69, 9.17) is 11.6 Å². The summed E-state index contributed by atoms with van der Waals surface area (Å²) in [4.78, 5) is 45.4. The lowest BCUT2D eigenvalue weighted by Crippen LogP contribution is -2.48. The molecular weight excluding hydrogens is 1140 g/mol. The maximum atomic E-state index is 14.5. The molecule has 438 valence electrons. The predicted octanol–water partition coefficient (Wildman–Crippen LogP) is 9.68. The summed E-state index contributed by atoms with van der Waals surface area (Å²) < 4.78 is 114. The Morgan fingerprint density at radius 3 is 2.15 bits per heavy atom. The van der Waals surface area contributed by atoms with Crippen molar-refractivity contribution in [2.45, 2.75) is 91.2 Å². The zero-order valence-corrected chi connectivity index (χ0v) is 48.8. The van der Waals surface area contributed by atoms with Gasteiger partial charge in [0.1, 0.15) is 16.8 Å². The van der Waals surface area contributed by atoms with E-state index in [9.17, 15) is 48.8 Å². The second kappa shape index (κ2) is 25.9.